The van der Waals surface area contributed by atoms with Crippen molar-refractivity contribution in [2.45, 2.75) is 20.8 Å². The van der Waals surface area contributed by atoms with E-state index in [4.69, 9.17) is 4.74 Å². The smallest absolute Gasteiger partial charge is 0.308 e. The highest BCUT2D eigenvalue weighted by Gasteiger charge is 2.05. The van der Waals surface area contributed by atoms with Gasteiger partial charge in [-0.2, -0.15) is 0 Å². The first-order valence-corrected chi connectivity index (χ1v) is 4.70. The Bertz CT molecular complexity index is 438. The Morgan fingerprint density at radius 1 is 1.40 bits per heavy atom. The van der Waals surface area contributed by atoms with Crippen LogP contribution in [0.3, 0.4) is 0 Å². The molecule has 0 saturated heterocycles. The third kappa shape index (κ3) is 2.83. The molecule has 0 heterocycles. The lowest BCUT2D eigenvalue weighted by Gasteiger charge is -2.08. The van der Waals surface area contributed by atoms with Crippen LogP contribution in [-0.2, 0) is 4.79 Å². The van der Waals surface area contributed by atoms with E-state index in [1.807, 2.05) is 26.0 Å². The lowest BCUT2D eigenvalue weighted by atomic mass is 10.0. The summed E-state index contributed by atoms with van der Waals surface area (Å²) in [6.45, 7) is 8.82. The SMILES string of the molecule is C=C=Cc1cc(OC(C)=O)c(C)cc1C. The van der Waals surface area contributed by atoms with E-state index in [-0.39, 0.29) is 5.97 Å². The lowest BCUT2D eigenvalue weighted by molar-refractivity contribution is -0.131. The van der Waals surface area contributed by atoms with Crippen molar-refractivity contribution in [2.75, 3.05) is 0 Å². The van der Waals surface area contributed by atoms with Gasteiger partial charge in [-0.3, -0.25) is 4.79 Å². The first kappa shape index (κ1) is 11.3. The summed E-state index contributed by atoms with van der Waals surface area (Å²) in [7, 11) is 0. The predicted molar refractivity (Wildman–Crippen MR) is 60.8 cm³/mol. The van der Waals surface area contributed by atoms with Crippen LogP contribution < -0.4 is 4.74 Å². The molecule has 0 amide bonds. The van der Waals surface area contributed by atoms with Gasteiger partial charge in [0, 0.05) is 6.92 Å². The number of aryl methyl sites for hydroxylation is 2. The normalized spacial score (nSPS) is 9.27. The number of rotatable bonds is 2. The largest absolute Gasteiger partial charge is 0.426 e. The molecule has 1 aromatic carbocycles. The Labute approximate surface area is 89.9 Å². The van der Waals surface area contributed by atoms with Crippen molar-refractivity contribution in [3.63, 3.8) is 0 Å². The highest BCUT2D eigenvalue weighted by Crippen LogP contribution is 2.23. The van der Waals surface area contributed by atoms with Gasteiger partial charge in [0.15, 0.2) is 0 Å². The van der Waals surface area contributed by atoms with Gasteiger partial charge in [-0.25, -0.2) is 0 Å². The van der Waals surface area contributed by atoms with Crippen LogP contribution in [0.15, 0.2) is 24.4 Å². The van der Waals surface area contributed by atoms with E-state index in [1.165, 1.54) is 6.92 Å². The fourth-order valence-electron chi connectivity index (χ4n) is 1.38. The third-order valence-electron chi connectivity index (χ3n) is 2.07. The van der Waals surface area contributed by atoms with Crippen LogP contribution in [0.4, 0.5) is 0 Å². The molecule has 0 aliphatic carbocycles. The van der Waals surface area contributed by atoms with Crippen molar-refractivity contribution in [3.8, 4) is 5.75 Å². The molecule has 0 aliphatic rings. The topological polar surface area (TPSA) is 26.3 Å². The first-order chi connectivity index (χ1) is 7.04. The molecule has 0 spiro atoms. The van der Waals surface area contributed by atoms with Crippen molar-refractivity contribution < 1.29 is 9.53 Å². The monoisotopic (exact) mass is 202 g/mol. The number of ether oxygens (including phenoxy) is 1. The molecule has 15 heavy (non-hydrogen) atoms. The Kier molecular flexibility index (Phi) is 3.48. The van der Waals surface area contributed by atoms with Crippen molar-refractivity contribution in [2.24, 2.45) is 0 Å². The van der Waals surface area contributed by atoms with Crippen LogP contribution in [-0.4, -0.2) is 5.97 Å². The molecule has 0 bridgehead atoms. The van der Waals surface area contributed by atoms with Gasteiger partial charge in [-0.1, -0.05) is 12.6 Å². The maximum atomic E-state index is 10.9. The van der Waals surface area contributed by atoms with Crippen molar-refractivity contribution >= 4 is 12.0 Å². The molecule has 1 aromatic rings. The molecule has 0 N–H and O–H groups in total. The maximum absolute atomic E-state index is 10.9. The quantitative estimate of drug-likeness (QED) is 0.418. The van der Waals surface area contributed by atoms with E-state index < -0.39 is 0 Å². The Morgan fingerprint density at radius 3 is 2.60 bits per heavy atom. The van der Waals surface area contributed by atoms with Gasteiger partial charge < -0.3 is 4.74 Å². The molecular weight excluding hydrogens is 188 g/mol. The van der Waals surface area contributed by atoms with Crippen molar-refractivity contribution in [3.05, 3.63) is 41.1 Å². The molecule has 0 aliphatic heterocycles. The molecule has 1 rings (SSSR count). The van der Waals surface area contributed by atoms with Crippen LogP contribution in [0, 0.1) is 13.8 Å². The zero-order valence-electron chi connectivity index (χ0n) is 9.26. The Hall–Kier alpha value is -1.79. The summed E-state index contributed by atoms with van der Waals surface area (Å²) in [6, 6.07) is 3.80. The van der Waals surface area contributed by atoms with Gasteiger partial charge >= 0.3 is 5.97 Å². The molecule has 0 radical (unpaired) electrons. The number of esters is 1. The fraction of sp³-hybridized carbons (Fsp3) is 0.231. The van der Waals surface area contributed by atoms with Crippen LogP contribution in [0.25, 0.3) is 6.08 Å². The molecule has 0 saturated carbocycles. The second kappa shape index (κ2) is 4.63. The molecule has 78 valence electrons. The van der Waals surface area contributed by atoms with Crippen molar-refractivity contribution in [1.82, 2.24) is 0 Å². The van der Waals surface area contributed by atoms with Gasteiger partial charge in [0.25, 0.3) is 0 Å². The highest BCUT2D eigenvalue weighted by molar-refractivity contribution is 5.70. The van der Waals surface area contributed by atoms with E-state index in [2.05, 4.69) is 12.3 Å². The Morgan fingerprint density at radius 2 is 2.07 bits per heavy atom. The van der Waals surface area contributed by atoms with Gasteiger partial charge in [-0.05, 0) is 42.7 Å². The third-order valence-corrected chi connectivity index (χ3v) is 2.07. The molecule has 0 unspecified atom stereocenters. The highest BCUT2D eigenvalue weighted by atomic mass is 16.5. The van der Waals surface area contributed by atoms with Crippen LogP contribution in [0.1, 0.15) is 23.6 Å². The van der Waals surface area contributed by atoms with E-state index in [0.29, 0.717) is 5.75 Å². The molecule has 0 fully saturated rings. The number of carbonyl (C=O) groups excluding carboxylic acids is 1. The molecule has 0 atom stereocenters. The predicted octanol–water partition coefficient (Wildman–Crippen LogP) is 3.03. The summed E-state index contributed by atoms with van der Waals surface area (Å²) in [4.78, 5) is 10.9. The van der Waals surface area contributed by atoms with Crippen molar-refractivity contribution in [1.29, 1.82) is 0 Å². The minimum absolute atomic E-state index is 0.310. The van der Waals surface area contributed by atoms with Gasteiger partial charge in [0.1, 0.15) is 5.75 Å². The minimum Gasteiger partial charge on any atom is -0.426 e. The van der Waals surface area contributed by atoms with E-state index in [1.54, 1.807) is 6.08 Å². The maximum Gasteiger partial charge on any atom is 0.308 e. The number of hydrogen-bond donors (Lipinski definition) is 0. The summed E-state index contributed by atoms with van der Waals surface area (Å²) in [5.74, 6) is 0.282. The summed E-state index contributed by atoms with van der Waals surface area (Å²) < 4.78 is 5.08. The van der Waals surface area contributed by atoms with Gasteiger partial charge in [0.2, 0.25) is 0 Å². The van der Waals surface area contributed by atoms with E-state index in [9.17, 15) is 4.79 Å². The number of hydrogen-bond acceptors (Lipinski definition) is 2. The van der Waals surface area contributed by atoms with E-state index >= 15 is 0 Å². The second-order valence-corrected chi connectivity index (χ2v) is 3.42. The minimum atomic E-state index is -0.310. The average molecular weight is 202 g/mol. The molecular formula is C13H14O2. The molecule has 0 aromatic heterocycles. The summed E-state index contributed by atoms with van der Waals surface area (Å²) in [6.07, 6.45) is 1.77. The second-order valence-electron chi connectivity index (χ2n) is 3.42. The average Bonchev–Trinajstić information content (AvgIpc) is 2.12. The Balaban J connectivity index is 3.22. The first-order valence-electron chi connectivity index (χ1n) is 4.70. The number of carbonyl (C=O) groups is 1. The zero-order valence-corrected chi connectivity index (χ0v) is 9.26. The van der Waals surface area contributed by atoms with Crippen LogP contribution in [0.2, 0.25) is 0 Å². The number of benzene rings is 1. The lowest BCUT2D eigenvalue weighted by Crippen LogP contribution is -2.03. The van der Waals surface area contributed by atoms with Crippen LogP contribution >= 0.6 is 0 Å². The summed E-state index contributed by atoms with van der Waals surface area (Å²) in [5, 5.41) is 0. The van der Waals surface area contributed by atoms with Crippen LogP contribution in [0.5, 0.6) is 5.75 Å². The van der Waals surface area contributed by atoms with Gasteiger partial charge in [-0.15, -0.1) is 5.73 Å². The fourth-order valence-corrected chi connectivity index (χ4v) is 1.38. The molecule has 2 heteroatoms. The standard InChI is InChI=1S/C13H14O2/c1-5-6-12-8-13(15-11(4)14)10(3)7-9(12)2/h6-8H,1H2,2-4H3. The van der Waals surface area contributed by atoms with Gasteiger partial charge in [0.05, 0.1) is 0 Å². The summed E-state index contributed by atoms with van der Waals surface area (Å²) in [5.41, 5.74) is 5.73. The van der Waals surface area contributed by atoms with E-state index in [0.717, 1.165) is 16.7 Å². The summed E-state index contributed by atoms with van der Waals surface area (Å²) >= 11 is 0. The zero-order chi connectivity index (χ0) is 11.4. The molecule has 2 nitrogen and oxygen atoms in total.